The minimum atomic E-state index is -1.24. The first-order chi connectivity index (χ1) is 8.31. The van der Waals surface area contributed by atoms with Crippen LogP contribution in [0, 0.1) is 21.7 Å². The molecule has 0 aliphatic heterocycles. The van der Waals surface area contributed by atoms with Gasteiger partial charge in [-0.1, -0.05) is 0 Å². The van der Waals surface area contributed by atoms with Crippen molar-refractivity contribution in [3.05, 3.63) is 33.9 Å². The zero-order valence-corrected chi connectivity index (χ0v) is 10.6. The molecule has 0 amide bonds. The minimum Gasteiger partial charge on any atom is -0.376 e. The van der Waals surface area contributed by atoms with Crippen LogP contribution in [0.3, 0.4) is 0 Å². The number of hydrogen-bond acceptors (Lipinski definition) is 4. The highest BCUT2D eigenvalue weighted by Crippen LogP contribution is 2.29. The molecule has 1 aromatic carbocycles. The zero-order valence-electron chi connectivity index (χ0n) is 9.78. The smallest absolute Gasteiger partial charge is 0.327 e. The Kier molecular flexibility index (Phi) is 4.71. The third-order valence-corrected chi connectivity index (χ3v) is 3.07. The van der Waals surface area contributed by atoms with E-state index in [0.29, 0.717) is 6.07 Å². The number of halogens is 2. The Hall–Kier alpha value is -1.57. The quantitative estimate of drug-likeness (QED) is 0.661. The van der Waals surface area contributed by atoms with Crippen molar-refractivity contribution in [1.29, 1.82) is 0 Å². The summed E-state index contributed by atoms with van der Waals surface area (Å²) in [6.07, 6.45) is 1.47. The molecule has 1 aromatic rings. The van der Waals surface area contributed by atoms with E-state index in [4.69, 9.17) is 0 Å². The lowest BCUT2D eigenvalue weighted by Gasteiger charge is -2.14. The predicted octanol–water partition coefficient (Wildman–Crippen LogP) is 2.05. The van der Waals surface area contributed by atoms with E-state index in [2.05, 4.69) is 5.32 Å². The number of anilines is 1. The number of nitro groups is 1. The molecule has 0 bridgehead atoms. The summed E-state index contributed by atoms with van der Waals surface area (Å²) >= 11 is 0. The SMILES string of the molecule is CC(CS(C)=O)Nc1cc(F)cc(F)c1[N+](=O)[O-]. The van der Waals surface area contributed by atoms with Gasteiger partial charge < -0.3 is 5.32 Å². The third-order valence-electron chi connectivity index (χ3n) is 2.10. The average molecular weight is 278 g/mol. The fraction of sp³-hybridized carbons (Fsp3) is 0.400. The first kappa shape index (κ1) is 14.5. The van der Waals surface area contributed by atoms with E-state index >= 15 is 0 Å². The van der Waals surface area contributed by atoms with Crippen LogP contribution >= 0.6 is 0 Å². The molecule has 0 fully saturated rings. The van der Waals surface area contributed by atoms with Crippen molar-refractivity contribution in [2.24, 2.45) is 0 Å². The first-order valence-electron chi connectivity index (χ1n) is 5.01. The van der Waals surface area contributed by atoms with Crippen LogP contribution in [0.25, 0.3) is 0 Å². The Labute approximate surface area is 105 Å². The second-order valence-corrected chi connectivity index (χ2v) is 5.31. The number of hydrogen-bond donors (Lipinski definition) is 1. The van der Waals surface area contributed by atoms with Crippen molar-refractivity contribution in [2.75, 3.05) is 17.3 Å². The summed E-state index contributed by atoms with van der Waals surface area (Å²) in [6, 6.07) is 0.887. The van der Waals surface area contributed by atoms with Gasteiger partial charge in [0.25, 0.3) is 0 Å². The monoisotopic (exact) mass is 278 g/mol. The summed E-state index contributed by atoms with van der Waals surface area (Å²) in [5.74, 6) is -1.94. The van der Waals surface area contributed by atoms with E-state index in [1.807, 2.05) is 0 Å². The van der Waals surface area contributed by atoms with Crippen molar-refractivity contribution in [1.82, 2.24) is 0 Å². The van der Waals surface area contributed by atoms with Crippen molar-refractivity contribution in [2.45, 2.75) is 13.0 Å². The van der Waals surface area contributed by atoms with Crippen molar-refractivity contribution < 1.29 is 17.9 Å². The lowest BCUT2D eigenvalue weighted by molar-refractivity contribution is -0.386. The second kappa shape index (κ2) is 5.85. The Morgan fingerprint density at radius 1 is 1.50 bits per heavy atom. The largest absolute Gasteiger partial charge is 0.376 e. The van der Waals surface area contributed by atoms with Gasteiger partial charge in [0.15, 0.2) is 0 Å². The fourth-order valence-corrected chi connectivity index (χ4v) is 2.31. The number of benzene rings is 1. The van der Waals surface area contributed by atoms with Gasteiger partial charge in [-0.3, -0.25) is 14.3 Å². The molecule has 0 heterocycles. The van der Waals surface area contributed by atoms with Gasteiger partial charge in [-0.15, -0.1) is 0 Å². The standard InChI is InChI=1S/C10H12F2N2O3S/c1-6(5-18(2)17)13-9-4-7(11)3-8(12)10(9)14(15)16/h3-4,6,13H,5H2,1-2H3. The maximum absolute atomic E-state index is 13.3. The topological polar surface area (TPSA) is 72.2 Å². The van der Waals surface area contributed by atoms with E-state index in [0.717, 1.165) is 6.07 Å². The van der Waals surface area contributed by atoms with E-state index < -0.39 is 39.1 Å². The van der Waals surface area contributed by atoms with Crippen LogP contribution in [0.15, 0.2) is 12.1 Å². The van der Waals surface area contributed by atoms with Gasteiger partial charge in [0.1, 0.15) is 11.5 Å². The molecule has 18 heavy (non-hydrogen) atoms. The molecule has 2 unspecified atom stereocenters. The molecule has 5 nitrogen and oxygen atoms in total. The fourth-order valence-electron chi connectivity index (χ4n) is 1.52. The molecule has 0 radical (unpaired) electrons. The Bertz CT molecular complexity index is 496. The molecule has 2 atom stereocenters. The Morgan fingerprint density at radius 3 is 2.61 bits per heavy atom. The van der Waals surface area contributed by atoms with Gasteiger partial charge in [-0.05, 0) is 6.92 Å². The lowest BCUT2D eigenvalue weighted by Crippen LogP contribution is -2.23. The molecule has 0 saturated carbocycles. The molecule has 1 rings (SSSR count). The molecule has 8 heteroatoms. The summed E-state index contributed by atoms with van der Waals surface area (Å²) < 4.78 is 37.3. The normalized spacial score (nSPS) is 14.0. The average Bonchev–Trinajstić information content (AvgIpc) is 2.12. The molecular formula is C10H12F2N2O3S. The number of nitrogens with one attached hydrogen (secondary N) is 1. The summed E-state index contributed by atoms with van der Waals surface area (Å²) in [6.45, 7) is 1.62. The Morgan fingerprint density at radius 2 is 2.11 bits per heavy atom. The first-order valence-corrected chi connectivity index (χ1v) is 6.74. The van der Waals surface area contributed by atoms with Crippen molar-refractivity contribution in [3.63, 3.8) is 0 Å². The van der Waals surface area contributed by atoms with Gasteiger partial charge in [-0.25, -0.2) is 4.39 Å². The van der Waals surface area contributed by atoms with Gasteiger partial charge in [0.05, 0.1) is 4.92 Å². The van der Waals surface area contributed by atoms with E-state index in [1.54, 1.807) is 6.92 Å². The van der Waals surface area contributed by atoms with Gasteiger partial charge in [0, 0.05) is 41.0 Å². The maximum Gasteiger partial charge on any atom is 0.327 e. The predicted molar refractivity (Wildman–Crippen MR) is 65.0 cm³/mol. The molecule has 0 saturated heterocycles. The van der Waals surface area contributed by atoms with Crippen LogP contribution in [0.2, 0.25) is 0 Å². The molecule has 0 spiro atoms. The minimum absolute atomic E-state index is 0.218. The van der Waals surface area contributed by atoms with Gasteiger partial charge >= 0.3 is 5.69 Å². The number of rotatable bonds is 5. The van der Waals surface area contributed by atoms with E-state index in [1.165, 1.54) is 6.26 Å². The zero-order chi connectivity index (χ0) is 13.9. The lowest BCUT2D eigenvalue weighted by atomic mass is 10.2. The molecule has 1 N–H and O–H groups in total. The van der Waals surface area contributed by atoms with Gasteiger partial charge in [-0.2, -0.15) is 4.39 Å². The highest BCUT2D eigenvalue weighted by molar-refractivity contribution is 7.84. The summed E-state index contributed by atoms with van der Waals surface area (Å²) in [7, 11) is -1.12. The van der Waals surface area contributed by atoms with E-state index in [9.17, 15) is 23.1 Å². The van der Waals surface area contributed by atoms with Crippen LogP contribution in [-0.2, 0) is 10.8 Å². The maximum atomic E-state index is 13.3. The summed E-state index contributed by atoms with van der Waals surface area (Å²) in [4.78, 5) is 9.78. The molecular weight excluding hydrogens is 266 g/mol. The molecule has 100 valence electrons. The van der Waals surface area contributed by atoms with Gasteiger partial charge in [0.2, 0.25) is 5.82 Å². The van der Waals surface area contributed by atoms with E-state index in [-0.39, 0.29) is 11.4 Å². The molecule has 0 aliphatic rings. The third kappa shape index (κ3) is 3.73. The summed E-state index contributed by atoms with van der Waals surface area (Å²) in [5.41, 5.74) is -1.07. The molecule has 0 aliphatic carbocycles. The second-order valence-electron chi connectivity index (χ2n) is 3.83. The number of nitrogens with zero attached hydrogens (tertiary/aromatic N) is 1. The Balaban J connectivity index is 3.07. The molecule has 0 aromatic heterocycles. The van der Waals surface area contributed by atoms with Crippen LogP contribution in [0.1, 0.15) is 6.92 Å². The van der Waals surface area contributed by atoms with Crippen LogP contribution in [0.5, 0.6) is 0 Å². The van der Waals surface area contributed by atoms with Crippen LogP contribution < -0.4 is 5.32 Å². The van der Waals surface area contributed by atoms with Crippen LogP contribution in [-0.4, -0.2) is 27.2 Å². The van der Waals surface area contributed by atoms with Crippen molar-refractivity contribution in [3.8, 4) is 0 Å². The highest BCUT2D eigenvalue weighted by atomic mass is 32.2. The summed E-state index contributed by atoms with van der Waals surface area (Å²) in [5, 5.41) is 13.3. The van der Waals surface area contributed by atoms with Crippen LogP contribution in [0.4, 0.5) is 20.2 Å². The number of nitro benzene ring substituents is 1. The highest BCUT2D eigenvalue weighted by Gasteiger charge is 2.23. The van der Waals surface area contributed by atoms with Crippen molar-refractivity contribution >= 4 is 22.2 Å².